The highest BCUT2D eigenvalue weighted by atomic mass is 31.2. The highest BCUT2D eigenvalue weighted by Crippen LogP contribution is 2.13. The molecule has 0 aromatic rings. The van der Waals surface area contributed by atoms with Gasteiger partial charge in [-0.1, -0.05) is 0 Å². The standard InChI is InChI=1S/C2H5O4P/c1-2(3)6-7(4)5/h2-3H,1H3/q-2. The number of aliphatic hydroxyl groups excluding tert-OH is 1. The molecular formula is C2H5O4P-2. The Labute approximate surface area is 42.4 Å². The molecule has 4 nitrogen and oxygen atoms in total. The summed E-state index contributed by atoms with van der Waals surface area (Å²) in [5.41, 5.74) is 0. The molecule has 0 saturated carbocycles. The summed E-state index contributed by atoms with van der Waals surface area (Å²) in [6.07, 6.45) is -1.22. The van der Waals surface area contributed by atoms with Crippen molar-refractivity contribution in [1.29, 1.82) is 0 Å². The topological polar surface area (TPSA) is 75.6 Å². The van der Waals surface area contributed by atoms with E-state index in [9.17, 15) is 9.79 Å². The fourth-order valence-corrected chi connectivity index (χ4v) is 0.374. The lowest BCUT2D eigenvalue weighted by Gasteiger charge is -2.30. The predicted octanol–water partition coefficient (Wildman–Crippen LogP) is -1.71. The summed E-state index contributed by atoms with van der Waals surface area (Å²) in [4.78, 5) is 18.9. The smallest absolute Gasteiger partial charge is 0.152 e. The molecular weight excluding hydrogens is 119 g/mol. The van der Waals surface area contributed by atoms with Crippen molar-refractivity contribution in [2.45, 2.75) is 13.2 Å². The minimum atomic E-state index is -2.89. The van der Waals surface area contributed by atoms with E-state index >= 15 is 0 Å². The van der Waals surface area contributed by atoms with E-state index < -0.39 is 14.9 Å². The van der Waals surface area contributed by atoms with Crippen molar-refractivity contribution >= 4 is 8.60 Å². The molecule has 0 aromatic heterocycles. The van der Waals surface area contributed by atoms with Crippen LogP contribution in [0.1, 0.15) is 6.92 Å². The van der Waals surface area contributed by atoms with Crippen molar-refractivity contribution in [1.82, 2.24) is 0 Å². The third kappa shape index (κ3) is 6.27. The van der Waals surface area contributed by atoms with Crippen molar-refractivity contribution in [2.24, 2.45) is 0 Å². The molecule has 0 fully saturated rings. The Morgan fingerprint density at radius 3 is 2.14 bits per heavy atom. The summed E-state index contributed by atoms with van der Waals surface area (Å²) in [6, 6.07) is 0. The number of hydrogen-bond donors (Lipinski definition) is 1. The quantitative estimate of drug-likeness (QED) is 0.351. The third-order valence-electron chi connectivity index (χ3n) is 0.239. The van der Waals surface area contributed by atoms with Crippen molar-refractivity contribution in [3.8, 4) is 0 Å². The predicted molar refractivity (Wildman–Crippen MR) is 19.7 cm³/mol. The maximum Gasteiger partial charge on any atom is 0.152 e. The van der Waals surface area contributed by atoms with E-state index in [1.165, 1.54) is 6.92 Å². The van der Waals surface area contributed by atoms with E-state index in [0.717, 1.165) is 0 Å². The van der Waals surface area contributed by atoms with Gasteiger partial charge in [-0.3, -0.25) is 0 Å². The molecule has 0 spiro atoms. The van der Waals surface area contributed by atoms with Gasteiger partial charge in [0.15, 0.2) is 6.29 Å². The van der Waals surface area contributed by atoms with Crippen LogP contribution in [0.25, 0.3) is 0 Å². The van der Waals surface area contributed by atoms with Crippen LogP contribution in [0.3, 0.4) is 0 Å². The van der Waals surface area contributed by atoms with E-state index in [4.69, 9.17) is 5.11 Å². The summed E-state index contributed by atoms with van der Waals surface area (Å²) < 4.78 is 3.76. The first-order valence-corrected chi connectivity index (χ1v) is 2.71. The van der Waals surface area contributed by atoms with Crippen LogP contribution < -0.4 is 9.79 Å². The summed E-state index contributed by atoms with van der Waals surface area (Å²) >= 11 is 0. The summed E-state index contributed by atoms with van der Waals surface area (Å²) in [5.74, 6) is 0. The van der Waals surface area contributed by atoms with Crippen LogP contribution in [-0.4, -0.2) is 11.4 Å². The second kappa shape index (κ2) is 3.29. The molecule has 0 saturated heterocycles. The lowest BCUT2D eigenvalue weighted by Crippen LogP contribution is -2.15. The van der Waals surface area contributed by atoms with E-state index in [1.54, 1.807) is 0 Å². The molecule has 0 rings (SSSR count). The van der Waals surface area contributed by atoms with Crippen molar-refractivity contribution in [3.63, 3.8) is 0 Å². The van der Waals surface area contributed by atoms with Gasteiger partial charge < -0.3 is 19.4 Å². The van der Waals surface area contributed by atoms with Crippen molar-refractivity contribution in [2.75, 3.05) is 0 Å². The summed E-state index contributed by atoms with van der Waals surface area (Å²) in [7, 11) is -2.89. The Morgan fingerprint density at radius 2 is 2.14 bits per heavy atom. The maximum atomic E-state index is 9.46. The molecule has 0 amide bonds. The van der Waals surface area contributed by atoms with Gasteiger partial charge in [0.2, 0.25) is 0 Å². The Bertz CT molecular complexity index is 39.0. The Morgan fingerprint density at radius 1 is 1.71 bits per heavy atom. The minimum Gasteiger partial charge on any atom is -0.820 e. The zero-order valence-electron chi connectivity index (χ0n) is 3.70. The van der Waals surface area contributed by atoms with E-state index in [1.807, 2.05) is 0 Å². The molecule has 0 aliphatic carbocycles. The fourth-order valence-electron chi connectivity index (χ4n) is 0.125. The van der Waals surface area contributed by atoms with Gasteiger partial charge in [-0.25, -0.2) is 0 Å². The Balaban J connectivity index is 2.95. The molecule has 0 bridgehead atoms. The van der Waals surface area contributed by atoms with Gasteiger partial charge in [0, 0.05) is 0 Å². The fraction of sp³-hybridized carbons (Fsp3) is 1.00. The highest BCUT2D eigenvalue weighted by molar-refractivity contribution is 7.36. The molecule has 1 N–H and O–H groups in total. The summed E-state index contributed by atoms with van der Waals surface area (Å²) in [5, 5.41) is 8.12. The first-order chi connectivity index (χ1) is 3.13. The van der Waals surface area contributed by atoms with Gasteiger partial charge in [0.25, 0.3) is 0 Å². The molecule has 0 aliphatic heterocycles. The molecule has 0 heterocycles. The molecule has 1 atom stereocenters. The second-order valence-electron chi connectivity index (χ2n) is 0.928. The van der Waals surface area contributed by atoms with Crippen LogP contribution in [0.4, 0.5) is 0 Å². The molecule has 1 unspecified atom stereocenters. The largest absolute Gasteiger partial charge is 0.820 e. The third-order valence-corrected chi connectivity index (χ3v) is 0.716. The van der Waals surface area contributed by atoms with Crippen LogP contribution in [0.5, 0.6) is 0 Å². The van der Waals surface area contributed by atoms with Crippen LogP contribution in [0.15, 0.2) is 0 Å². The van der Waals surface area contributed by atoms with Gasteiger partial charge in [-0.15, -0.1) is 0 Å². The van der Waals surface area contributed by atoms with Gasteiger partial charge in [0.1, 0.15) is 0 Å². The van der Waals surface area contributed by atoms with Crippen LogP contribution in [0.2, 0.25) is 0 Å². The monoisotopic (exact) mass is 124 g/mol. The lowest BCUT2D eigenvalue weighted by molar-refractivity contribution is -0.326. The normalized spacial score (nSPS) is 15.0. The average molecular weight is 124 g/mol. The van der Waals surface area contributed by atoms with Gasteiger partial charge in [-0.2, -0.15) is 8.60 Å². The first kappa shape index (κ1) is 7.27. The number of hydrogen-bond acceptors (Lipinski definition) is 4. The lowest BCUT2D eigenvalue weighted by atomic mass is 10.8. The molecule has 5 heteroatoms. The molecule has 0 radical (unpaired) electrons. The van der Waals surface area contributed by atoms with Crippen molar-refractivity contribution in [3.05, 3.63) is 0 Å². The van der Waals surface area contributed by atoms with Gasteiger partial charge in [-0.05, 0) is 6.92 Å². The highest BCUT2D eigenvalue weighted by Gasteiger charge is 1.85. The SMILES string of the molecule is CC(O)OP([O-])[O-]. The van der Waals surface area contributed by atoms with Crippen LogP contribution >= 0.6 is 8.60 Å². The van der Waals surface area contributed by atoms with Crippen LogP contribution in [-0.2, 0) is 4.52 Å². The molecule has 0 aliphatic rings. The van der Waals surface area contributed by atoms with E-state index in [2.05, 4.69) is 4.52 Å². The number of rotatable bonds is 2. The summed E-state index contributed by atoms with van der Waals surface area (Å²) in [6.45, 7) is 1.21. The van der Waals surface area contributed by atoms with Crippen molar-refractivity contribution < 1.29 is 19.4 Å². The Hall–Kier alpha value is 0.270. The molecule has 7 heavy (non-hydrogen) atoms. The van der Waals surface area contributed by atoms with Gasteiger partial charge >= 0.3 is 0 Å². The van der Waals surface area contributed by atoms with E-state index in [-0.39, 0.29) is 0 Å². The maximum absolute atomic E-state index is 9.46. The zero-order chi connectivity index (χ0) is 5.86. The first-order valence-electron chi connectivity index (χ1n) is 1.62. The van der Waals surface area contributed by atoms with Gasteiger partial charge in [0.05, 0.1) is 0 Å². The Kier molecular flexibility index (Phi) is 3.42. The van der Waals surface area contributed by atoms with E-state index in [0.29, 0.717) is 0 Å². The minimum absolute atomic E-state index is 1.21. The average Bonchev–Trinajstić information content (AvgIpc) is 1.27. The number of aliphatic hydroxyl groups is 1. The second-order valence-corrected chi connectivity index (χ2v) is 1.59. The molecule has 0 aromatic carbocycles. The molecule has 44 valence electrons. The zero-order valence-corrected chi connectivity index (χ0v) is 4.59. The van der Waals surface area contributed by atoms with Crippen LogP contribution in [0, 0.1) is 0 Å².